The number of hydrogen-bond acceptors (Lipinski definition) is 1. The minimum Gasteiger partial charge on any atom is -0.327 e. The average Bonchev–Trinajstić information content (AvgIpc) is 2.23. The predicted molar refractivity (Wildman–Crippen MR) is 63.7 cm³/mol. The summed E-state index contributed by atoms with van der Waals surface area (Å²) < 4.78 is 0. The normalized spacial score (nSPS) is 11.2. The van der Waals surface area contributed by atoms with E-state index in [1.165, 1.54) is 6.20 Å². The highest BCUT2D eigenvalue weighted by Crippen LogP contribution is 2.23. The summed E-state index contributed by atoms with van der Waals surface area (Å²) in [7, 11) is 0. The van der Waals surface area contributed by atoms with Crippen LogP contribution in [0.5, 0.6) is 0 Å². The Labute approximate surface area is 92.9 Å². The van der Waals surface area contributed by atoms with E-state index in [1.807, 2.05) is 18.2 Å². The lowest BCUT2D eigenvalue weighted by Crippen LogP contribution is -2.05. The Morgan fingerprint density at radius 1 is 1.27 bits per heavy atom. The maximum absolute atomic E-state index is 11.6. The molecule has 1 N–H and O–H groups in total. The van der Waals surface area contributed by atoms with Crippen LogP contribution >= 0.6 is 11.6 Å². The predicted octanol–water partition coefficient (Wildman–Crippen LogP) is 3.30. The second-order valence-electron chi connectivity index (χ2n) is 3.93. The van der Waals surface area contributed by atoms with Gasteiger partial charge in [-0.1, -0.05) is 37.6 Å². The van der Waals surface area contributed by atoms with Crippen LogP contribution in [0.4, 0.5) is 0 Å². The van der Waals surface area contributed by atoms with Crippen LogP contribution in [-0.4, -0.2) is 4.98 Å². The number of fused-ring (bicyclic) bond motifs is 1. The van der Waals surface area contributed by atoms with Crippen molar-refractivity contribution in [2.45, 2.75) is 19.8 Å². The average molecular weight is 222 g/mol. The summed E-state index contributed by atoms with van der Waals surface area (Å²) in [6, 6.07) is 5.82. The molecular weight excluding hydrogens is 210 g/mol. The van der Waals surface area contributed by atoms with Crippen molar-refractivity contribution in [3.8, 4) is 0 Å². The zero-order valence-electron chi connectivity index (χ0n) is 8.67. The Bertz CT molecular complexity index is 557. The fourth-order valence-electron chi connectivity index (χ4n) is 1.60. The van der Waals surface area contributed by atoms with Gasteiger partial charge in [-0.05, 0) is 17.5 Å². The summed E-state index contributed by atoms with van der Waals surface area (Å²) in [5.41, 5.74) is 1.06. The summed E-state index contributed by atoms with van der Waals surface area (Å²) in [6.45, 7) is 4.19. The number of benzene rings is 1. The van der Waals surface area contributed by atoms with Gasteiger partial charge in [0.1, 0.15) is 0 Å². The summed E-state index contributed by atoms with van der Waals surface area (Å²) in [5.74, 6) is 0.410. The molecule has 0 radical (unpaired) electrons. The second-order valence-corrected chi connectivity index (χ2v) is 4.33. The van der Waals surface area contributed by atoms with Gasteiger partial charge < -0.3 is 4.98 Å². The number of halogens is 1. The summed E-state index contributed by atoms with van der Waals surface area (Å²) >= 11 is 5.99. The molecule has 0 fully saturated rings. The van der Waals surface area contributed by atoms with E-state index in [2.05, 4.69) is 18.8 Å². The van der Waals surface area contributed by atoms with Gasteiger partial charge in [-0.25, -0.2) is 0 Å². The largest absolute Gasteiger partial charge is 0.327 e. The smallest absolute Gasteiger partial charge is 0.255 e. The van der Waals surface area contributed by atoms with E-state index in [4.69, 9.17) is 11.6 Å². The number of nitrogens with one attached hydrogen (secondary N) is 1. The summed E-state index contributed by atoms with van der Waals surface area (Å²) in [4.78, 5) is 14.2. The first-order valence-corrected chi connectivity index (χ1v) is 5.28. The lowest BCUT2D eigenvalue weighted by atomic mass is 10.0. The maximum Gasteiger partial charge on any atom is 0.255 e. The quantitative estimate of drug-likeness (QED) is 0.788. The van der Waals surface area contributed by atoms with E-state index in [0.717, 1.165) is 10.9 Å². The van der Waals surface area contributed by atoms with Crippen molar-refractivity contribution >= 4 is 22.4 Å². The van der Waals surface area contributed by atoms with Crippen LogP contribution in [0.1, 0.15) is 25.3 Å². The molecule has 0 amide bonds. The number of hydrogen-bond donors (Lipinski definition) is 1. The molecule has 2 aromatic rings. The molecule has 1 aromatic heterocycles. The van der Waals surface area contributed by atoms with Crippen molar-refractivity contribution in [2.24, 2.45) is 0 Å². The Morgan fingerprint density at radius 2 is 2.00 bits per heavy atom. The van der Waals surface area contributed by atoms with Crippen LogP contribution < -0.4 is 5.56 Å². The van der Waals surface area contributed by atoms with E-state index in [9.17, 15) is 4.79 Å². The van der Waals surface area contributed by atoms with Crippen molar-refractivity contribution in [3.05, 3.63) is 45.3 Å². The van der Waals surface area contributed by atoms with Gasteiger partial charge in [0, 0.05) is 17.0 Å². The lowest BCUT2D eigenvalue weighted by Gasteiger charge is -2.06. The van der Waals surface area contributed by atoms with Crippen LogP contribution in [0.3, 0.4) is 0 Å². The highest BCUT2D eigenvalue weighted by molar-refractivity contribution is 6.35. The first kappa shape index (κ1) is 10.2. The van der Waals surface area contributed by atoms with Gasteiger partial charge in [-0.3, -0.25) is 4.79 Å². The third-order valence-corrected chi connectivity index (χ3v) is 2.85. The fourth-order valence-corrected chi connectivity index (χ4v) is 1.82. The van der Waals surface area contributed by atoms with Gasteiger partial charge in [0.2, 0.25) is 0 Å². The molecule has 2 nitrogen and oxygen atoms in total. The SMILES string of the molecule is CC(C)c1ccc2c(Cl)c[nH]c(=O)c2c1. The van der Waals surface area contributed by atoms with E-state index in [-0.39, 0.29) is 5.56 Å². The molecule has 1 aromatic carbocycles. The molecule has 0 unspecified atom stereocenters. The topological polar surface area (TPSA) is 32.9 Å². The van der Waals surface area contributed by atoms with Crippen LogP contribution in [0.15, 0.2) is 29.2 Å². The number of aromatic amines is 1. The van der Waals surface area contributed by atoms with Gasteiger partial charge in [-0.2, -0.15) is 0 Å². The Kier molecular flexibility index (Phi) is 2.53. The van der Waals surface area contributed by atoms with Gasteiger partial charge in [-0.15, -0.1) is 0 Å². The van der Waals surface area contributed by atoms with E-state index in [1.54, 1.807) is 0 Å². The highest BCUT2D eigenvalue weighted by Gasteiger charge is 2.05. The number of H-pyrrole nitrogens is 1. The molecule has 15 heavy (non-hydrogen) atoms. The van der Waals surface area contributed by atoms with E-state index < -0.39 is 0 Å². The minimum absolute atomic E-state index is 0.0862. The third kappa shape index (κ3) is 1.77. The van der Waals surface area contributed by atoms with Gasteiger partial charge in [0.05, 0.1) is 5.02 Å². The monoisotopic (exact) mass is 221 g/mol. The van der Waals surface area contributed by atoms with Crippen molar-refractivity contribution in [1.29, 1.82) is 0 Å². The van der Waals surface area contributed by atoms with Crippen molar-refractivity contribution in [3.63, 3.8) is 0 Å². The third-order valence-electron chi connectivity index (χ3n) is 2.54. The summed E-state index contributed by atoms with van der Waals surface area (Å²) in [5, 5.41) is 2.05. The molecule has 0 bridgehead atoms. The Hall–Kier alpha value is -1.28. The van der Waals surface area contributed by atoms with Crippen LogP contribution in [-0.2, 0) is 0 Å². The molecule has 0 aliphatic rings. The summed E-state index contributed by atoms with van der Waals surface area (Å²) in [6.07, 6.45) is 1.53. The standard InChI is InChI=1S/C12H12ClNO/c1-7(2)8-3-4-9-10(5-8)12(15)14-6-11(9)13/h3-7H,1-2H3,(H,14,15). The zero-order chi connectivity index (χ0) is 11.0. The number of aromatic nitrogens is 1. The highest BCUT2D eigenvalue weighted by atomic mass is 35.5. The molecular formula is C12H12ClNO. The molecule has 0 atom stereocenters. The van der Waals surface area contributed by atoms with Crippen molar-refractivity contribution < 1.29 is 0 Å². The molecule has 0 spiro atoms. The van der Waals surface area contributed by atoms with Crippen LogP contribution in [0.25, 0.3) is 10.8 Å². The zero-order valence-corrected chi connectivity index (χ0v) is 9.43. The molecule has 78 valence electrons. The van der Waals surface area contributed by atoms with E-state index >= 15 is 0 Å². The second kappa shape index (κ2) is 3.70. The molecule has 0 aliphatic heterocycles. The van der Waals surface area contributed by atoms with E-state index in [0.29, 0.717) is 16.3 Å². The number of pyridine rings is 1. The molecule has 0 saturated heterocycles. The van der Waals surface area contributed by atoms with Crippen molar-refractivity contribution in [2.75, 3.05) is 0 Å². The number of rotatable bonds is 1. The van der Waals surface area contributed by atoms with Gasteiger partial charge in [0.25, 0.3) is 5.56 Å². The minimum atomic E-state index is -0.0862. The lowest BCUT2D eigenvalue weighted by molar-refractivity contribution is 0.868. The maximum atomic E-state index is 11.6. The van der Waals surface area contributed by atoms with Gasteiger partial charge >= 0.3 is 0 Å². The van der Waals surface area contributed by atoms with Crippen molar-refractivity contribution in [1.82, 2.24) is 4.98 Å². The first-order valence-electron chi connectivity index (χ1n) is 4.90. The van der Waals surface area contributed by atoms with Crippen LogP contribution in [0, 0.1) is 0 Å². The molecule has 3 heteroatoms. The van der Waals surface area contributed by atoms with Crippen LogP contribution in [0.2, 0.25) is 5.02 Å². The first-order chi connectivity index (χ1) is 7.09. The van der Waals surface area contributed by atoms with Gasteiger partial charge in [0.15, 0.2) is 0 Å². The molecule has 0 saturated carbocycles. The molecule has 2 rings (SSSR count). The molecule has 0 aliphatic carbocycles. The Balaban J connectivity index is 2.82. The Morgan fingerprint density at radius 3 is 2.67 bits per heavy atom. The molecule has 1 heterocycles. The fraction of sp³-hybridized carbons (Fsp3) is 0.250.